The third-order valence-corrected chi connectivity index (χ3v) is 6.47. The lowest BCUT2D eigenvalue weighted by molar-refractivity contribution is -0.384. The summed E-state index contributed by atoms with van der Waals surface area (Å²) in [5.41, 5.74) is 8.17. The molecule has 35 heavy (non-hydrogen) atoms. The van der Waals surface area contributed by atoms with Gasteiger partial charge in [-0.2, -0.15) is 5.10 Å². The van der Waals surface area contributed by atoms with Crippen molar-refractivity contribution in [3.8, 4) is 16.9 Å². The molecule has 2 aromatic heterocycles. The molecule has 0 aliphatic carbocycles. The molecule has 8 heteroatoms. The number of non-ortho nitro benzene ring substituents is 1. The normalized spacial score (nSPS) is 11.9. The van der Waals surface area contributed by atoms with E-state index in [0.717, 1.165) is 44.3 Å². The van der Waals surface area contributed by atoms with E-state index in [9.17, 15) is 10.1 Å². The summed E-state index contributed by atoms with van der Waals surface area (Å²) in [7, 11) is 0. The lowest BCUT2D eigenvalue weighted by Crippen LogP contribution is -2.13. The summed E-state index contributed by atoms with van der Waals surface area (Å²) in [6.45, 7) is 12.6. The maximum absolute atomic E-state index is 11.1. The molecule has 4 aromatic rings. The van der Waals surface area contributed by atoms with Crippen LogP contribution in [0, 0.1) is 30.9 Å². The summed E-state index contributed by atoms with van der Waals surface area (Å²) in [5.74, 6) is 0. The van der Waals surface area contributed by atoms with Gasteiger partial charge in [0.1, 0.15) is 0 Å². The van der Waals surface area contributed by atoms with E-state index in [2.05, 4.69) is 67.2 Å². The fourth-order valence-corrected chi connectivity index (χ4v) is 4.64. The number of hydrogen-bond donors (Lipinski definition) is 0. The predicted octanol–water partition coefficient (Wildman–Crippen LogP) is 6.20. The number of aryl methyl sites for hydroxylation is 2. The van der Waals surface area contributed by atoms with E-state index in [1.165, 1.54) is 29.0 Å². The van der Waals surface area contributed by atoms with Crippen LogP contribution in [0.2, 0.25) is 0 Å². The monoisotopic (exact) mass is 485 g/mol. The summed E-state index contributed by atoms with van der Waals surface area (Å²) in [6, 6.07) is 17.0. The SMILES string of the molecule is C=C(C)CN=c1scc(-c2ccc([N+](=O)[O-])cc2)n1N=Cc1cc(C)n(-c2ccc(C)cc2)c1C. The van der Waals surface area contributed by atoms with E-state index in [-0.39, 0.29) is 5.69 Å². The molecular weight excluding hydrogens is 458 g/mol. The van der Waals surface area contributed by atoms with E-state index in [0.29, 0.717) is 6.54 Å². The molecule has 2 aromatic carbocycles. The topological polar surface area (TPSA) is 77.7 Å². The Hall–Kier alpha value is -4.04. The minimum atomic E-state index is -0.402. The standard InChI is InChI=1S/C27H27N5O2S/c1-18(2)15-28-27-31(26(17-35-27)22-8-12-25(13-9-22)32(33)34)29-16-23-14-20(4)30(21(23)5)24-10-6-19(3)7-11-24/h6-14,16-17H,1,15H2,2-5H3. The van der Waals surface area contributed by atoms with E-state index >= 15 is 0 Å². The summed E-state index contributed by atoms with van der Waals surface area (Å²) in [5, 5.41) is 17.8. The van der Waals surface area contributed by atoms with Crippen molar-refractivity contribution < 1.29 is 4.92 Å². The second-order valence-corrected chi connectivity index (χ2v) is 9.37. The van der Waals surface area contributed by atoms with Crippen LogP contribution in [0.15, 0.2) is 82.2 Å². The minimum absolute atomic E-state index is 0.0507. The number of thiazole rings is 1. The van der Waals surface area contributed by atoms with Crippen LogP contribution in [0.5, 0.6) is 0 Å². The Morgan fingerprint density at radius 1 is 1.11 bits per heavy atom. The summed E-state index contributed by atoms with van der Waals surface area (Å²) in [6.07, 6.45) is 1.84. The van der Waals surface area contributed by atoms with Gasteiger partial charge in [-0.3, -0.25) is 15.1 Å². The van der Waals surface area contributed by atoms with Gasteiger partial charge >= 0.3 is 0 Å². The molecule has 0 saturated carbocycles. The maximum Gasteiger partial charge on any atom is 0.269 e. The molecule has 0 aliphatic rings. The quantitative estimate of drug-likeness (QED) is 0.135. The van der Waals surface area contributed by atoms with E-state index in [1.807, 2.05) is 18.5 Å². The first-order valence-electron chi connectivity index (χ1n) is 11.1. The lowest BCUT2D eigenvalue weighted by atomic mass is 10.1. The third kappa shape index (κ3) is 5.22. The van der Waals surface area contributed by atoms with Crippen LogP contribution in [-0.4, -0.2) is 26.9 Å². The van der Waals surface area contributed by atoms with Gasteiger partial charge in [-0.15, -0.1) is 11.3 Å². The fourth-order valence-electron chi connectivity index (χ4n) is 3.80. The van der Waals surface area contributed by atoms with Gasteiger partial charge in [0.15, 0.2) is 0 Å². The smallest absolute Gasteiger partial charge is 0.269 e. The number of nitro benzene ring substituents is 1. The third-order valence-electron chi connectivity index (χ3n) is 5.62. The van der Waals surface area contributed by atoms with Crippen molar-refractivity contribution >= 4 is 23.2 Å². The molecule has 0 bridgehead atoms. The number of nitro groups is 1. The number of aromatic nitrogens is 2. The number of hydrogen-bond acceptors (Lipinski definition) is 5. The predicted molar refractivity (Wildman–Crippen MR) is 143 cm³/mol. The van der Waals surface area contributed by atoms with Gasteiger partial charge in [-0.05, 0) is 58.0 Å². The van der Waals surface area contributed by atoms with Crippen LogP contribution in [0.25, 0.3) is 16.9 Å². The molecule has 0 atom stereocenters. The first-order valence-corrected chi connectivity index (χ1v) is 12.0. The van der Waals surface area contributed by atoms with Gasteiger partial charge in [0, 0.05) is 45.7 Å². The summed E-state index contributed by atoms with van der Waals surface area (Å²) < 4.78 is 4.00. The van der Waals surface area contributed by atoms with Crippen molar-refractivity contribution in [2.24, 2.45) is 10.1 Å². The highest BCUT2D eigenvalue weighted by Gasteiger charge is 2.12. The van der Waals surface area contributed by atoms with Crippen molar-refractivity contribution in [1.29, 1.82) is 0 Å². The van der Waals surface area contributed by atoms with Crippen LogP contribution in [0.4, 0.5) is 5.69 Å². The Morgan fingerprint density at radius 3 is 2.43 bits per heavy atom. The van der Waals surface area contributed by atoms with Crippen LogP contribution < -0.4 is 4.80 Å². The first kappa shape index (κ1) is 24.1. The lowest BCUT2D eigenvalue weighted by Gasteiger charge is -2.10. The van der Waals surface area contributed by atoms with Crippen molar-refractivity contribution in [3.63, 3.8) is 0 Å². The summed E-state index contributed by atoms with van der Waals surface area (Å²) in [4.78, 5) is 16.1. The number of nitrogens with zero attached hydrogens (tertiary/aromatic N) is 5. The molecule has 0 fully saturated rings. The molecule has 0 aliphatic heterocycles. The zero-order valence-electron chi connectivity index (χ0n) is 20.2. The number of benzene rings is 2. The Balaban J connectivity index is 1.77. The fraction of sp³-hybridized carbons (Fsp3) is 0.185. The molecule has 0 amide bonds. The molecule has 7 nitrogen and oxygen atoms in total. The van der Waals surface area contributed by atoms with Gasteiger partial charge in [-0.25, -0.2) is 4.68 Å². The Morgan fingerprint density at radius 2 is 1.80 bits per heavy atom. The van der Waals surface area contributed by atoms with Crippen LogP contribution in [0.1, 0.15) is 29.4 Å². The summed E-state index contributed by atoms with van der Waals surface area (Å²) >= 11 is 1.47. The average molecular weight is 486 g/mol. The van der Waals surface area contributed by atoms with Gasteiger partial charge in [0.2, 0.25) is 4.80 Å². The Bertz CT molecular complexity index is 1490. The van der Waals surface area contributed by atoms with Crippen molar-refractivity contribution in [2.75, 3.05) is 6.54 Å². The zero-order chi connectivity index (χ0) is 25.1. The van der Waals surface area contributed by atoms with Crippen molar-refractivity contribution in [3.05, 3.63) is 110 Å². The second kappa shape index (κ2) is 10.1. The molecule has 0 N–H and O–H groups in total. The Kier molecular flexibility index (Phi) is 6.93. The molecule has 2 heterocycles. The number of rotatable bonds is 7. The zero-order valence-corrected chi connectivity index (χ0v) is 21.0. The molecular formula is C27H27N5O2S. The van der Waals surface area contributed by atoms with Gasteiger partial charge < -0.3 is 4.57 Å². The average Bonchev–Trinajstić information content (AvgIpc) is 3.36. The minimum Gasteiger partial charge on any atom is -0.318 e. The van der Waals surface area contributed by atoms with Crippen LogP contribution in [0.3, 0.4) is 0 Å². The van der Waals surface area contributed by atoms with Gasteiger partial charge in [-0.1, -0.05) is 29.8 Å². The van der Waals surface area contributed by atoms with Crippen LogP contribution in [-0.2, 0) is 0 Å². The molecule has 0 saturated heterocycles. The molecule has 0 unspecified atom stereocenters. The molecule has 0 spiro atoms. The molecule has 178 valence electrons. The largest absolute Gasteiger partial charge is 0.318 e. The highest BCUT2D eigenvalue weighted by atomic mass is 32.1. The Labute approximate surface area is 208 Å². The highest BCUT2D eigenvalue weighted by Crippen LogP contribution is 2.24. The van der Waals surface area contributed by atoms with Crippen molar-refractivity contribution in [1.82, 2.24) is 9.24 Å². The highest BCUT2D eigenvalue weighted by molar-refractivity contribution is 7.07. The molecule has 0 radical (unpaired) electrons. The second-order valence-electron chi connectivity index (χ2n) is 8.53. The van der Waals surface area contributed by atoms with Gasteiger partial charge in [0.25, 0.3) is 5.69 Å². The van der Waals surface area contributed by atoms with Crippen molar-refractivity contribution in [2.45, 2.75) is 27.7 Å². The van der Waals surface area contributed by atoms with E-state index < -0.39 is 4.92 Å². The first-order chi connectivity index (χ1) is 16.7. The maximum atomic E-state index is 11.1. The van der Waals surface area contributed by atoms with E-state index in [4.69, 9.17) is 5.10 Å². The molecule has 4 rings (SSSR count). The van der Waals surface area contributed by atoms with E-state index in [1.54, 1.807) is 16.8 Å². The van der Waals surface area contributed by atoms with Gasteiger partial charge in [0.05, 0.1) is 23.4 Å². The van der Waals surface area contributed by atoms with Crippen LogP contribution >= 0.6 is 11.3 Å².